The van der Waals surface area contributed by atoms with Crippen molar-refractivity contribution in [3.8, 4) is 0 Å². The van der Waals surface area contributed by atoms with Crippen molar-refractivity contribution in [1.29, 1.82) is 0 Å². The number of carbonyl (C=O) groups is 1. The molecule has 0 aromatic carbocycles. The van der Waals surface area contributed by atoms with E-state index in [9.17, 15) is 4.79 Å². The SMILES string of the molecule is Cc1cccc(NCC2CCN(CC(=O)N3CCCCCC3)C2)n1. The van der Waals surface area contributed by atoms with E-state index >= 15 is 0 Å². The molecular weight excluding hydrogens is 300 g/mol. The molecule has 1 atom stereocenters. The number of nitrogens with zero attached hydrogens (tertiary/aromatic N) is 3. The zero-order valence-electron chi connectivity index (χ0n) is 14.8. The summed E-state index contributed by atoms with van der Waals surface area (Å²) in [6.45, 7) is 7.50. The van der Waals surface area contributed by atoms with Gasteiger partial charge in [0.1, 0.15) is 5.82 Å². The van der Waals surface area contributed by atoms with Crippen LogP contribution in [0.3, 0.4) is 0 Å². The predicted octanol–water partition coefficient (Wildman–Crippen LogP) is 2.53. The third kappa shape index (κ3) is 4.94. The van der Waals surface area contributed by atoms with Crippen LogP contribution in [0.1, 0.15) is 37.8 Å². The van der Waals surface area contributed by atoms with Crippen LogP contribution in [0.4, 0.5) is 5.82 Å². The molecule has 1 amide bonds. The molecule has 5 nitrogen and oxygen atoms in total. The first-order valence-corrected chi connectivity index (χ1v) is 9.38. The average Bonchev–Trinajstić information content (AvgIpc) is 2.83. The third-order valence-corrected chi connectivity index (χ3v) is 5.15. The molecule has 0 bridgehead atoms. The van der Waals surface area contributed by atoms with Gasteiger partial charge >= 0.3 is 0 Å². The van der Waals surface area contributed by atoms with Gasteiger partial charge in [-0.05, 0) is 50.8 Å². The van der Waals surface area contributed by atoms with Crippen LogP contribution >= 0.6 is 0 Å². The fourth-order valence-electron chi connectivity index (χ4n) is 3.72. The summed E-state index contributed by atoms with van der Waals surface area (Å²) in [4.78, 5) is 21.4. The number of hydrogen-bond acceptors (Lipinski definition) is 4. The van der Waals surface area contributed by atoms with Gasteiger partial charge in [0.25, 0.3) is 0 Å². The van der Waals surface area contributed by atoms with E-state index in [1.165, 1.54) is 25.7 Å². The first-order valence-electron chi connectivity index (χ1n) is 9.38. The molecule has 1 unspecified atom stereocenters. The second kappa shape index (κ2) is 8.47. The smallest absolute Gasteiger partial charge is 0.236 e. The third-order valence-electron chi connectivity index (χ3n) is 5.15. The Hall–Kier alpha value is -1.62. The van der Waals surface area contributed by atoms with E-state index in [1.54, 1.807) is 0 Å². The molecule has 3 rings (SSSR count). The van der Waals surface area contributed by atoms with Crippen LogP contribution in [0, 0.1) is 12.8 Å². The fourth-order valence-corrected chi connectivity index (χ4v) is 3.72. The lowest BCUT2D eigenvalue weighted by atomic mass is 10.1. The molecule has 5 heteroatoms. The van der Waals surface area contributed by atoms with Crippen LogP contribution in [-0.4, -0.2) is 60.0 Å². The Bertz CT molecular complexity index is 540. The standard InChI is InChI=1S/C19H30N4O/c1-16-7-6-8-18(21-16)20-13-17-9-12-22(14-17)15-19(24)23-10-4-2-3-5-11-23/h6-8,17H,2-5,9-15H2,1H3,(H,20,21). The summed E-state index contributed by atoms with van der Waals surface area (Å²) in [5.41, 5.74) is 1.04. The number of aryl methyl sites for hydroxylation is 1. The Balaban J connectivity index is 1.41. The van der Waals surface area contributed by atoms with Crippen molar-refractivity contribution in [2.45, 2.75) is 39.0 Å². The number of aromatic nitrogens is 1. The maximum atomic E-state index is 12.5. The van der Waals surface area contributed by atoms with E-state index in [0.29, 0.717) is 18.4 Å². The molecule has 0 aliphatic carbocycles. The molecular formula is C19H30N4O. The van der Waals surface area contributed by atoms with E-state index in [2.05, 4.69) is 20.1 Å². The first-order chi connectivity index (χ1) is 11.7. The molecule has 0 radical (unpaired) electrons. The molecule has 0 spiro atoms. The molecule has 24 heavy (non-hydrogen) atoms. The number of anilines is 1. The van der Waals surface area contributed by atoms with Crippen molar-refractivity contribution < 1.29 is 4.79 Å². The molecule has 1 aromatic rings. The van der Waals surface area contributed by atoms with E-state index < -0.39 is 0 Å². The maximum Gasteiger partial charge on any atom is 0.236 e. The van der Waals surface area contributed by atoms with Crippen LogP contribution in [0.25, 0.3) is 0 Å². The van der Waals surface area contributed by atoms with Crippen LogP contribution < -0.4 is 5.32 Å². The van der Waals surface area contributed by atoms with Crippen molar-refractivity contribution in [3.63, 3.8) is 0 Å². The number of carbonyl (C=O) groups excluding carboxylic acids is 1. The highest BCUT2D eigenvalue weighted by Gasteiger charge is 2.26. The lowest BCUT2D eigenvalue weighted by Crippen LogP contribution is -2.40. The summed E-state index contributed by atoms with van der Waals surface area (Å²) < 4.78 is 0. The van der Waals surface area contributed by atoms with Crippen molar-refractivity contribution in [2.24, 2.45) is 5.92 Å². The number of nitrogens with one attached hydrogen (secondary N) is 1. The van der Waals surface area contributed by atoms with Gasteiger partial charge in [0, 0.05) is 31.9 Å². The summed E-state index contributed by atoms with van der Waals surface area (Å²) in [7, 11) is 0. The van der Waals surface area contributed by atoms with Crippen molar-refractivity contribution >= 4 is 11.7 Å². The molecule has 1 N–H and O–H groups in total. The van der Waals surface area contributed by atoms with Crippen molar-refractivity contribution in [3.05, 3.63) is 23.9 Å². The quantitative estimate of drug-likeness (QED) is 0.901. The molecule has 2 fully saturated rings. The van der Waals surface area contributed by atoms with Crippen molar-refractivity contribution in [2.75, 3.05) is 44.6 Å². The Labute approximate surface area is 145 Å². The minimum Gasteiger partial charge on any atom is -0.370 e. The van der Waals surface area contributed by atoms with Gasteiger partial charge in [-0.25, -0.2) is 4.98 Å². The molecule has 2 aliphatic rings. The van der Waals surface area contributed by atoms with Crippen LogP contribution in [-0.2, 0) is 4.79 Å². The van der Waals surface area contributed by atoms with Gasteiger partial charge in [-0.2, -0.15) is 0 Å². The van der Waals surface area contributed by atoms with E-state index in [-0.39, 0.29) is 0 Å². The van der Waals surface area contributed by atoms with Gasteiger partial charge in [-0.1, -0.05) is 18.9 Å². The van der Waals surface area contributed by atoms with Crippen LogP contribution in [0.2, 0.25) is 0 Å². The largest absolute Gasteiger partial charge is 0.370 e. The second-order valence-electron chi connectivity index (χ2n) is 7.23. The monoisotopic (exact) mass is 330 g/mol. The minimum atomic E-state index is 0.325. The van der Waals surface area contributed by atoms with Crippen LogP contribution in [0.5, 0.6) is 0 Å². The lowest BCUT2D eigenvalue weighted by Gasteiger charge is -2.24. The lowest BCUT2D eigenvalue weighted by molar-refractivity contribution is -0.132. The molecule has 1 aromatic heterocycles. The average molecular weight is 330 g/mol. The summed E-state index contributed by atoms with van der Waals surface area (Å²) in [5.74, 6) is 1.88. The summed E-state index contributed by atoms with van der Waals surface area (Å²) >= 11 is 0. The second-order valence-corrected chi connectivity index (χ2v) is 7.23. The predicted molar refractivity (Wildman–Crippen MR) is 97.1 cm³/mol. The minimum absolute atomic E-state index is 0.325. The highest BCUT2D eigenvalue weighted by atomic mass is 16.2. The Kier molecular flexibility index (Phi) is 6.07. The molecule has 132 valence electrons. The topological polar surface area (TPSA) is 48.5 Å². The zero-order valence-corrected chi connectivity index (χ0v) is 14.8. The van der Waals surface area contributed by atoms with Gasteiger partial charge < -0.3 is 10.2 Å². The Morgan fingerprint density at radius 1 is 1.21 bits per heavy atom. The van der Waals surface area contributed by atoms with Gasteiger partial charge in [0.05, 0.1) is 6.54 Å². The fraction of sp³-hybridized carbons (Fsp3) is 0.684. The molecule has 2 aliphatic heterocycles. The number of rotatable bonds is 5. The first kappa shape index (κ1) is 17.2. The van der Waals surface area contributed by atoms with Crippen molar-refractivity contribution in [1.82, 2.24) is 14.8 Å². The normalized spacial score (nSPS) is 22.4. The number of pyridine rings is 1. The van der Waals surface area contributed by atoms with Gasteiger partial charge in [0.15, 0.2) is 0 Å². The molecule has 0 saturated carbocycles. The Morgan fingerprint density at radius 3 is 2.75 bits per heavy atom. The van der Waals surface area contributed by atoms with E-state index in [1.807, 2.05) is 25.1 Å². The van der Waals surface area contributed by atoms with Crippen LogP contribution in [0.15, 0.2) is 18.2 Å². The molecule has 3 heterocycles. The van der Waals surface area contributed by atoms with Gasteiger partial charge in [0.2, 0.25) is 5.91 Å². The number of hydrogen-bond donors (Lipinski definition) is 1. The number of likely N-dealkylation sites (tertiary alicyclic amines) is 2. The summed E-state index contributed by atoms with van der Waals surface area (Å²) in [6, 6.07) is 6.06. The molecule has 2 saturated heterocycles. The van der Waals surface area contributed by atoms with E-state index in [4.69, 9.17) is 0 Å². The highest BCUT2D eigenvalue weighted by molar-refractivity contribution is 5.78. The summed E-state index contributed by atoms with van der Waals surface area (Å²) in [5, 5.41) is 3.44. The van der Waals surface area contributed by atoms with Gasteiger partial charge in [-0.15, -0.1) is 0 Å². The highest BCUT2D eigenvalue weighted by Crippen LogP contribution is 2.18. The Morgan fingerprint density at radius 2 is 2.00 bits per heavy atom. The van der Waals surface area contributed by atoms with E-state index in [0.717, 1.165) is 50.7 Å². The maximum absolute atomic E-state index is 12.5. The summed E-state index contributed by atoms with van der Waals surface area (Å²) in [6.07, 6.45) is 6.04. The van der Waals surface area contributed by atoms with Gasteiger partial charge in [-0.3, -0.25) is 9.69 Å². The number of amides is 1. The zero-order chi connectivity index (χ0) is 16.8.